The number of likely N-dealkylation sites (tertiary alicyclic amines) is 1. The van der Waals surface area contributed by atoms with Crippen molar-refractivity contribution in [1.82, 2.24) is 9.80 Å². The van der Waals surface area contributed by atoms with E-state index in [-0.39, 0.29) is 17.9 Å². The van der Waals surface area contributed by atoms with Gasteiger partial charge in [0, 0.05) is 17.9 Å². The lowest BCUT2D eigenvalue weighted by Crippen LogP contribution is -2.39. The molecule has 28 heavy (non-hydrogen) atoms. The first kappa shape index (κ1) is 20.0. The molecular weight excluding hydrogens is 352 g/mol. The molecule has 1 heterocycles. The first-order valence-electron chi connectivity index (χ1n) is 9.65. The number of likely N-dealkylation sites (N-methyl/N-ethyl adjacent to an activating group) is 1. The fraction of sp³-hybridized carbons (Fsp3) is 0.364. The molecule has 0 unspecified atom stereocenters. The monoisotopic (exact) mass is 380 g/mol. The molecular formula is C22H28N4O2. The van der Waals surface area contributed by atoms with E-state index in [1.165, 1.54) is 5.56 Å². The van der Waals surface area contributed by atoms with E-state index in [0.717, 1.165) is 25.9 Å². The number of nitrogens with one attached hydrogen (secondary N) is 2. The lowest BCUT2D eigenvalue weighted by molar-refractivity contribution is -0.120. The third kappa shape index (κ3) is 5.65. The first-order chi connectivity index (χ1) is 13.5. The van der Waals surface area contributed by atoms with Crippen LogP contribution in [0, 0.1) is 0 Å². The van der Waals surface area contributed by atoms with Crippen LogP contribution in [0.1, 0.15) is 18.4 Å². The molecule has 2 amide bonds. The Balaban J connectivity index is 1.60. The molecule has 0 aromatic heterocycles. The summed E-state index contributed by atoms with van der Waals surface area (Å²) in [6, 6.07) is 17.4. The Hall–Kier alpha value is -2.70. The average molecular weight is 380 g/mol. The predicted octanol–water partition coefficient (Wildman–Crippen LogP) is 2.79. The molecule has 148 valence electrons. The van der Waals surface area contributed by atoms with Gasteiger partial charge < -0.3 is 15.5 Å². The summed E-state index contributed by atoms with van der Waals surface area (Å²) in [4.78, 5) is 28.8. The van der Waals surface area contributed by atoms with Crippen LogP contribution in [-0.2, 0) is 16.1 Å². The normalized spacial score (nSPS) is 16.9. The zero-order valence-electron chi connectivity index (χ0n) is 16.5. The van der Waals surface area contributed by atoms with Crippen LogP contribution in [0.15, 0.2) is 54.6 Å². The Morgan fingerprint density at radius 2 is 1.75 bits per heavy atom. The second kappa shape index (κ2) is 9.48. The third-order valence-corrected chi connectivity index (χ3v) is 4.77. The minimum absolute atomic E-state index is 0.00481. The Morgan fingerprint density at radius 1 is 1.04 bits per heavy atom. The second-order valence-electron chi connectivity index (χ2n) is 7.47. The maximum atomic E-state index is 12.8. The largest absolute Gasteiger partial charge is 0.325 e. The zero-order chi connectivity index (χ0) is 19.9. The summed E-state index contributed by atoms with van der Waals surface area (Å²) in [5.74, 6) is -0.0801. The summed E-state index contributed by atoms with van der Waals surface area (Å²) in [6.45, 7) is 2.01. The van der Waals surface area contributed by atoms with Crippen LogP contribution in [0.25, 0.3) is 0 Å². The van der Waals surface area contributed by atoms with Crippen molar-refractivity contribution in [2.75, 3.05) is 37.8 Å². The van der Waals surface area contributed by atoms with Crippen LogP contribution >= 0.6 is 0 Å². The maximum Gasteiger partial charge on any atom is 0.241 e. The Labute approximate surface area is 166 Å². The molecule has 1 aliphatic rings. The molecule has 2 aromatic carbocycles. The molecule has 0 saturated carbocycles. The number of rotatable bonds is 7. The van der Waals surface area contributed by atoms with E-state index in [2.05, 4.69) is 27.7 Å². The third-order valence-electron chi connectivity index (χ3n) is 4.77. The van der Waals surface area contributed by atoms with Gasteiger partial charge in [-0.2, -0.15) is 0 Å². The van der Waals surface area contributed by atoms with Crippen molar-refractivity contribution in [2.45, 2.75) is 25.4 Å². The molecule has 2 aromatic rings. The summed E-state index contributed by atoms with van der Waals surface area (Å²) < 4.78 is 0. The van der Waals surface area contributed by atoms with E-state index in [0.29, 0.717) is 17.9 Å². The van der Waals surface area contributed by atoms with Gasteiger partial charge in [-0.05, 0) is 57.2 Å². The number of hydrogen-bond acceptors (Lipinski definition) is 4. The SMILES string of the molecule is CN(C)CC(=O)Nc1cccc(NC(=O)[C@@H]2CCCN2Cc2ccccc2)c1. The molecule has 2 N–H and O–H groups in total. The highest BCUT2D eigenvalue weighted by molar-refractivity contribution is 5.97. The quantitative estimate of drug-likeness (QED) is 0.775. The second-order valence-corrected chi connectivity index (χ2v) is 7.47. The lowest BCUT2D eigenvalue weighted by atomic mass is 10.1. The first-order valence-corrected chi connectivity index (χ1v) is 9.65. The molecule has 1 fully saturated rings. The summed E-state index contributed by atoms with van der Waals surface area (Å²) >= 11 is 0. The molecule has 3 rings (SSSR count). The highest BCUT2D eigenvalue weighted by Gasteiger charge is 2.30. The molecule has 0 spiro atoms. The minimum atomic E-state index is -0.132. The number of amides is 2. The Morgan fingerprint density at radius 3 is 2.46 bits per heavy atom. The topological polar surface area (TPSA) is 64.7 Å². The number of anilines is 2. The molecule has 1 atom stereocenters. The smallest absolute Gasteiger partial charge is 0.241 e. The number of benzene rings is 2. The van der Waals surface area contributed by atoms with Gasteiger partial charge in [-0.15, -0.1) is 0 Å². The van der Waals surface area contributed by atoms with Gasteiger partial charge in [-0.25, -0.2) is 0 Å². The van der Waals surface area contributed by atoms with Gasteiger partial charge in [0.15, 0.2) is 0 Å². The molecule has 6 nitrogen and oxygen atoms in total. The van der Waals surface area contributed by atoms with E-state index >= 15 is 0 Å². The van der Waals surface area contributed by atoms with Crippen LogP contribution in [0.2, 0.25) is 0 Å². The van der Waals surface area contributed by atoms with Crippen molar-refractivity contribution in [3.8, 4) is 0 Å². The van der Waals surface area contributed by atoms with Gasteiger partial charge in [0.05, 0.1) is 12.6 Å². The van der Waals surface area contributed by atoms with E-state index in [1.807, 2.05) is 55.4 Å². The van der Waals surface area contributed by atoms with Crippen LogP contribution in [0.3, 0.4) is 0 Å². The van der Waals surface area contributed by atoms with Crippen molar-refractivity contribution in [1.29, 1.82) is 0 Å². The molecule has 0 bridgehead atoms. The van der Waals surface area contributed by atoms with E-state index in [9.17, 15) is 9.59 Å². The highest BCUT2D eigenvalue weighted by atomic mass is 16.2. The van der Waals surface area contributed by atoms with Crippen LogP contribution in [-0.4, -0.2) is 54.8 Å². The zero-order valence-corrected chi connectivity index (χ0v) is 16.5. The number of nitrogens with zero attached hydrogens (tertiary/aromatic N) is 2. The number of carbonyl (C=O) groups is 2. The van der Waals surface area contributed by atoms with Crippen molar-refractivity contribution in [3.63, 3.8) is 0 Å². The van der Waals surface area contributed by atoms with Crippen molar-refractivity contribution >= 4 is 23.2 Å². The summed E-state index contributed by atoms with van der Waals surface area (Å²) in [5, 5.41) is 5.87. The number of hydrogen-bond donors (Lipinski definition) is 2. The predicted molar refractivity (Wildman–Crippen MR) is 112 cm³/mol. The highest BCUT2D eigenvalue weighted by Crippen LogP contribution is 2.22. The van der Waals surface area contributed by atoms with Crippen LogP contribution < -0.4 is 10.6 Å². The molecule has 0 radical (unpaired) electrons. The van der Waals surface area contributed by atoms with E-state index < -0.39 is 0 Å². The maximum absolute atomic E-state index is 12.8. The van der Waals surface area contributed by atoms with Crippen molar-refractivity contribution in [3.05, 3.63) is 60.2 Å². The van der Waals surface area contributed by atoms with Crippen molar-refractivity contribution in [2.24, 2.45) is 0 Å². The summed E-state index contributed by atoms with van der Waals surface area (Å²) in [5.41, 5.74) is 2.59. The van der Waals surface area contributed by atoms with Crippen LogP contribution in [0.5, 0.6) is 0 Å². The van der Waals surface area contributed by atoms with Gasteiger partial charge in [0.2, 0.25) is 11.8 Å². The van der Waals surface area contributed by atoms with Gasteiger partial charge in [-0.3, -0.25) is 14.5 Å². The minimum Gasteiger partial charge on any atom is -0.325 e. The molecule has 1 aliphatic heterocycles. The molecule has 1 saturated heterocycles. The van der Waals surface area contributed by atoms with E-state index in [4.69, 9.17) is 0 Å². The van der Waals surface area contributed by atoms with E-state index in [1.54, 1.807) is 6.07 Å². The fourth-order valence-corrected chi connectivity index (χ4v) is 3.52. The molecule has 6 heteroatoms. The Bertz CT molecular complexity index is 807. The van der Waals surface area contributed by atoms with Gasteiger partial charge in [-0.1, -0.05) is 36.4 Å². The van der Waals surface area contributed by atoms with Gasteiger partial charge >= 0.3 is 0 Å². The number of carbonyl (C=O) groups excluding carboxylic acids is 2. The van der Waals surface area contributed by atoms with Gasteiger partial charge in [0.1, 0.15) is 0 Å². The molecule has 0 aliphatic carbocycles. The Kier molecular flexibility index (Phi) is 6.79. The van der Waals surface area contributed by atoms with Gasteiger partial charge in [0.25, 0.3) is 0 Å². The summed E-state index contributed by atoms with van der Waals surface area (Å²) in [7, 11) is 3.69. The fourth-order valence-electron chi connectivity index (χ4n) is 3.52. The standard InChI is InChI=1S/C22H28N4O2/c1-25(2)16-21(27)23-18-10-6-11-19(14-18)24-22(28)20-12-7-13-26(20)15-17-8-4-3-5-9-17/h3-6,8-11,14,20H,7,12-13,15-16H2,1-2H3,(H,23,27)(H,24,28)/t20-/m0/s1. The average Bonchev–Trinajstić information content (AvgIpc) is 3.10. The van der Waals surface area contributed by atoms with Crippen molar-refractivity contribution < 1.29 is 9.59 Å². The van der Waals surface area contributed by atoms with Crippen LogP contribution in [0.4, 0.5) is 11.4 Å². The lowest BCUT2D eigenvalue weighted by Gasteiger charge is -2.24. The summed E-state index contributed by atoms with van der Waals surface area (Å²) in [6.07, 6.45) is 1.88.